The van der Waals surface area contributed by atoms with E-state index in [1.54, 1.807) is 44.2 Å². The van der Waals surface area contributed by atoms with Gasteiger partial charge in [0.1, 0.15) is 11.8 Å². The molecule has 0 bridgehead atoms. The van der Waals surface area contributed by atoms with Gasteiger partial charge in [-0.25, -0.2) is 0 Å². The van der Waals surface area contributed by atoms with Crippen molar-refractivity contribution in [3.8, 4) is 5.75 Å². The van der Waals surface area contributed by atoms with Gasteiger partial charge in [-0.1, -0.05) is 52.5 Å². The Morgan fingerprint density at radius 2 is 1.72 bits per heavy atom. The van der Waals surface area contributed by atoms with Crippen molar-refractivity contribution in [3.05, 3.63) is 62.1 Å². The Kier molecular flexibility index (Phi) is 8.90. The van der Waals surface area contributed by atoms with Gasteiger partial charge >= 0.3 is 0 Å². The maximum absolute atomic E-state index is 12.9. The first-order chi connectivity index (χ1) is 13.7. The number of hydrogen-bond donors (Lipinski definition) is 1. The number of benzene rings is 2. The smallest absolute Gasteiger partial charge is 0.261 e. The van der Waals surface area contributed by atoms with Gasteiger partial charge in [-0.3, -0.25) is 9.59 Å². The van der Waals surface area contributed by atoms with Gasteiger partial charge in [0.05, 0.1) is 5.02 Å². The van der Waals surface area contributed by atoms with Crippen LogP contribution in [0.5, 0.6) is 5.75 Å². The van der Waals surface area contributed by atoms with Gasteiger partial charge in [0.15, 0.2) is 6.61 Å². The van der Waals surface area contributed by atoms with Gasteiger partial charge in [0, 0.05) is 33.7 Å². The predicted molar refractivity (Wildman–Crippen MR) is 117 cm³/mol. The third kappa shape index (κ3) is 6.41. The standard InChI is InChI=1S/C20H20Cl4N2O3/c1-3-25-20(28)12(2)26(10-14-15(22)5-4-6-16(14)23)19(27)11-29-18-8-7-13(21)9-17(18)24/h4-9,12H,3,10-11H2,1-2H3,(H,25,28)/t12-/m0/s1. The van der Waals surface area contributed by atoms with Crippen LogP contribution in [0.1, 0.15) is 19.4 Å². The summed E-state index contributed by atoms with van der Waals surface area (Å²) in [6, 6.07) is 8.98. The molecule has 1 N–H and O–H groups in total. The molecule has 5 nitrogen and oxygen atoms in total. The van der Waals surface area contributed by atoms with E-state index in [4.69, 9.17) is 51.1 Å². The molecule has 0 unspecified atom stereocenters. The van der Waals surface area contributed by atoms with Crippen molar-refractivity contribution in [2.45, 2.75) is 26.4 Å². The van der Waals surface area contributed by atoms with Crippen molar-refractivity contribution in [3.63, 3.8) is 0 Å². The second-order valence-corrected chi connectivity index (χ2v) is 7.81. The summed E-state index contributed by atoms with van der Waals surface area (Å²) in [6.45, 7) is 3.59. The molecular formula is C20H20Cl4N2O3. The van der Waals surface area contributed by atoms with Gasteiger partial charge < -0.3 is 15.0 Å². The van der Waals surface area contributed by atoms with Crippen LogP contribution in [0.4, 0.5) is 0 Å². The van der Waals surface area contributed by atoms with E-state index < -0.39 is 11.9 Å². The summed E-state index contributed by atoms with van der Waals surface area (Å²) in [7, 11) is 0. The molecule has 156 valence electrons. The van der Waals surface area contributed by atoms with E-state index in [-0.39, 0.29) is 24.1 Å². The molecule has 0 saturated carbocycles. The maximum atomic E-state index is 12.9. The van der Waals surface area contributed by atoms with Gasteiger partial charge in [-0.15, -0.1) is 0 Å². The molecule has 0 spiro atoms. The molecule has 0 aliphatic carbocycles. The van der Waals surface area contributed by atoms with Crippen LogP contribution in [0.2, 0.25) is 20.1 Å². The number of hydrogen-bond acceptors (Lipinski definition) is 3. The first kappa shape index (κ1) is 23.6. The fourth-order valence-corrected chi connectivity index (χ4v) is 3.55. The molecule has 0 aliphatic rings. The van der Waals surface area contributed by atoms with E-state index in [2.05, 4.69) is 5.32 Å². The summed E-state index contributed by atoms with van der Waals surface area (Å²) in [5, 5.41) is 4.25. The first-order valence-corrected chi connectivity index (χ1v) is 10.3. The highest BCUT2D eigenvalue weighted by Gasteiger charge is 2.27. The fraction of sp³-hybridized carbons (Fsp3) is 0.300. The topological polar surface area (TPSA) is 58.6 Å². The molecule has 2 aromatic carbocycles. The summed E-state index contributed by atoms with van der Waals surface area (Å²) in [5.74, 6) is -0.412. The van der Waals surface area contributed by atoms with Crippen molar-refractivity contribution < 1.29 is 14.3 Å². The van der Waals surface area contributed by atoms with Gasteiger partial charge in [-0.2, -0.15) is 0 Å². The third-order valence-corrected chi connectivity index (χ3v) is 5.39. The van der Waals surface area contributed by atoms with Gasteiger partial charge in [0.25, 0.3) is 5.91 Å². The fourth-order valence-electron chi connectivity index (χ4n) is 2.57. The van der Waals surface area contributed by atoms with E-state index in [9.17, 15) is 9.59 Å². The number of rotatable bonds is 8. The Balaban J connectivity index is 2.23. The average molecular weight is 478 g/mol. The van der Waals surface area contributed by atoms with Crippen LogP contribution in [0.3, 0.4) is 0 Å². The SMILES string of the molecule is CCNC(=O)[C@H](C)N(Cc1c(Cl)cccc1Cl)C(=O)COc1ccc(Cl)cc1Cl. The lowest BCUT2D eigenvalue weighted by molar-refractivity contribution is -0.142. The number of amides is 2. The zero-order valence-corrected chi connectivity index (χ0v) is 18.9. The summed E-state index contributed by atoms with van der Waals surface area (Å²) < 4.78 is 5.54. The molecule has 29 heavy (non-hydrogen) atoms. The number of likely N-dealkylation sites (N-methyl/N-ethyl adjacent to an activating group) is 1. The summed E-state index contributed by atoms with van der Waals surface area (Å²) >= 11 is 24.5. The second kappa shape index (κ2) is 10.9. The van der Waals surface area contributed by atoms with Crippen LogP contribution < -0.4 is 10.1 Å². The number of nitrogens with one attached hydrogen (secondary N) is 1. The molecule has 2 rings (SSSR count). The molecule has 0 fully saturated rings. The number of carbonyl (C=O) groups excluding carboxylic acids is 2. The Bertz CT molecular complexity index is 872. The second-order valence-electron chi connectivity index (χ2n) is 6.16. The lowest BCUT2D eigenvalue weighted by atomic mass is 10.1. The largest absolute Gasteiger partial charge is 0.482 e. The molecule has 0 radical (unpaired) electrons. The maximum Gasteiger partial charge on any atom is 0.261 e. The van der Waals surface area contributed by atoms with Gasteiger partial charge in [-0.05, 0) is 44.2 Å². The summed E-state index contributed by atoms with van der Waals surface area (Å²) in [5.41, 5.74) is 0.546. The van der Waals surface area contributed by atoms with E-state index in [1.165, 1.54) is 11.0 Å². The van der Waals surface area contributed by atoms with Crippen LogP contribution in [0.15, 0.2) is 36.4 Å². The molecule has 1 atom stereocenters. The predicted octanol–water partition coefficient (Wildman–Crippen LogP) is 5.23. The number of carbonyl (C=O) groups is 2. The van der Waals surface area contributed by atoms with Crippen molar-refractivity contribution in [1.82, 2.24) is 10.2 Å². The number of nitrogens with zero attached hydrogens (tertiary/aromatic N) is 1. The van der Waals surface area contributed by atoms with E-state index in [0.717, 1.165) is 0 Å². The molecule has 0 heterocycles. The van der Waals surface area contributed by atoms with Crippen LogP contribution in [0, 0.1) is 0 Å². The number of ether oxygens (including phenoxy) is 1. The minimum absolute atomic E-state index is 0.0490. The van der Waals surface area contributed by atoms with Crippen LogP contribution in [0.25, 0.3) is 0 Å². The molecule has 9 heteroatoms. The molecular weight excluding hydrogens is 458 g/mol. The first-order valence-electron chi connectivity index (χ1n) is 8.82. The lowest BCUT2D eigenvalue weighted by Gasteiger charge is -2.29. The Morgan fingerprint density at radius 1 is 1.07 bits per heavy atom. The minimum Gasteiger partial charge on any atom is -0.482 e. The quantitative estimate of drug-likeness (QED) is 0.566. The molecule has 0 aliphatic heterocycles. The molecule has 2 amide bonds. The Labute approximate surface area is 189 Å². The van der Waals surface area contributed by atoms with Crippen LogP contribution in [-0.4, -0.2) is 35.9 Å². The van der Waals surface area contributed by atoms with Crippen LogP contribution in [-0.2, 0) is 16.1 Å². The highest BCUT2D eigenvalue weighted by molar-refractivity contribution is 6.36. The monoisotopic (exact) mass is 476 g/mol. The van der Waals surface area contributed by atoms with E-state index >= 15 is 0 Å². The van der Waals surface area contributed by atoms with E-state index in [1.807, 2.05) is 0 Å². The van der Waals surface area contributed by atoms with Crippen molar-refractivity contribution >= 4 is 58.2 Å². The summed E-state index contributed by atoms with van der Waals surface area (Å²) in [6.07, 6.45) is 0. The van der Waals surface area contributed by atoms with Crippen molar-refractivity contribution in [1.29, 1.82) is 0 Å². The normalized spacial score (nSPS) is 11.7. The Morgan fingerprint density at radius 3 is 2.31 bits per heavy atom. The van der Waals surface area contributed by atoms with Crippen LogP contribution >= 0.6 is 46.4 Å². The highest BCUT2D eigenvalue weighted by Crippen LogP contribution is 2.29. The third-order valence-electron chi connectivity index (χ3n) is 4.15. The molecule has 2 aromatic rings. The molecule has 0 aromatic heterocycles. The summed E-state index contributed by atoms with van der Waals surface area (Å²) in [4.78, 5) is 26.7. The number of halogens is 4. The zero-order valence-electron chi connectivity index (χ0n) is 15.8. The van der Waals surface area contributed by atoms with Crippen molar-refractivity contribution in [2.75, 3.05) is 13.2 Å². The Hall–Kier alpha value is -1.66. The average Bonchev–Trinajstić information content (AvgIpc) is 2.66. The van der Waals surface area contributed by atoms with Crippen molar-refractivity contribution in [2.24, 2.45) is 0 Å². The van der Waals surface area contributed by atoms with E-state index in [0.29, 0.717) is 32.9 Å². The minimum atomic E-state index is -0.765. The lowest BCUT2D eigenvalue weighted by Crippen LogP contribution is -2.49. The highest BCUT2D eigenvalue weighted by atomic mass is 35.5. The zero-order chi connectivity index (χ0) is 21.6. The molecule has 0 saturated heterocycles. The van der Waals surface area contributed by atoms with Gasteiger partial charge in [0.2, 0.25) is 5.91 Å².